The molecule has 0 radical (unpaired) electrons. The number of piperidine rings is 1. The van der Waals surface area contributed by atoms with Crippen LogP contribution >= 0.6 is 0 Å². The molecule has 3 aromatic rings. The van der Waals surface area contributed by atoms with Gasteiger partial charge in [-0.1, -0.05) is 0 Å². The second kappa shape index (κ2) is 14.1. The maximum atomic E-state index is 15.3. The summed E-state index contributed by atoms with van der Waals surface area (Å²) in [6, 6.07) is 12.3. The van der Waals surface area contributed by atoms with Gasteiger partial charge in [-0.05, 0) is 6.42 Å². The van der Waals surface area contributed by atoms with Crippen molar-refractivity contribution in [1.29, 1.82) is 5.26 Å². The SMILES string of the molecule is N#Cc1cc(-c2ncnc([AsH]c3ccc(N4CCN(C5COC5)CC4)c(F)c3)n2)ccc1O[C@H]1CCN(C(=O)[C@@H]2CCC(=O)N2)C[C@H]1F. The van der Waals surface area contributed by atoms with E-state index >= 15 is 8.78 Å². The fourth-order valence-corrected chi connectivity index (χ4v) is 8.39. The minimum absolute atomic E-state index is 0.146. The molecule has 4 aliphatic rings. The van der Waals surface area contributed by atoms with Crippen LogP contribution in [0.1, 0.15) is 24.8 Å². The Bertz CT molecular complexity index is 1730. The molecule has 250 valence electrons. The fraction of sp³-hybridized carbons (Fsp3) is 0.455. The van der Waals surface area contributed by atoms with Gasteiger partial charge in [0.1, 0.15) is 6.04 Å². The number of nitriles is 1. The van der Waals surface area contributed by atoms with Gasteiger partial charge in [0.15, 0.2) is 0 Å². The van der Waals surface area contributed by atoms with Crippen molar-refractivity contribution in [2.75, 3.05) is 57.4 Å². The Morgan fingerprint density at radius 3 is 2.60 bits per heavy atom. The Labute approximate surface area is 283 Å². The molecule has 48 heavy (non-hydrogen) atoms. The molecule has 1 unspecified atom stereocenters. The summed E-state index contributed by atoms with van der Waals surface area (Å²) in [7, 11) is 0. The molecule has 2 amide bonds. The Morgan fingerprint density at radius 2 is 1.92 bits per heavy atom. The Morgan fingerprint density at radius 1 is 1.08 bits per heavy atom. The van der Waals surface area contributed by atoms with E-state index in [4.69, 9.17) is 9.47 Å². The van der Waals surface area contributed by atoms with Crippen molar-refractivity contribution in [3.8, 4) is 23.2 Å². The number of carbonyl (C=O) groups excluding carboxylic acids is 2. The van der Waals surface area contributed by atoms with Crippen LogP contribution in [0, 0.1) is 17.1 Å². The number of alkyl halides is 1. The van der Waals surface area contributed by atoms with E-state index in [0.717, 1.165) is 43.7 Å². The second-order valence-corrected chi connectivity index (χ2v) is 15.0. The molecular weight excluding hydrogens is 685 g/mol. The van der Waals surface area contributed by atoms with Gasteiger partial charge in [-0.25, -0.2) is 0 Å². The summed E-state index contributed by atoms with van der Waals surface area (Å²) in [6.45, 7) is 5.01. The molecule has 0 bridgehead atoms. The number of piperazine rings is 1. The number of hydrogen-bond donors (Lipinski definition) is 1. The molecule has 15 heteroatoms. The second-order valence-electron chi connectivity index (χ2n) is 12.4. The first kappa shape index (κ1) is 32.4. The summed E-state index contributed by atoms with van der Waals surface area (Å²) >= 11 is -1.08. The number of carbonyl (C=O) groups is 2. The molecule has 2 aromatic carbocycles. The molecule has 4 aliphatic heterocycles. The van der Waals surface area contributed by atoms with Crippen molar-refractivity contribution in [3.05, 3.63) is 54.1 Å². The van der Waals surface area contributed by atoms with Crippen molar-refractivity contribution in [3.63, 3.8) is 0 Å². The predicted molar refractivity (Wildman–Crippen MR) is 173 cm³/mol. The van der Waals surface area contributed by atoms with Crippen molar-refractivity contribution in [1.82, 2.24) is 30.1 Å². The molecule has 1 N–H and O–H groups in total. The van der Waals surface area contributed by atoms with E-state index in [9.17, 15) is 14.9 Å². The molecule has 1 aromatic heterocycles. The van der Waals surface area contributed by atoms with Crippen LogP contribution in [0.15, 0.2) is 42.7 Å². The summed E-state index contributed by atoms with van der Waals surface area (Å²) in [5, 5.41) is 12.5. The summed E-state index contributed by atoms with van der Waals surface area (Å²) in [5.74, 6) is -0.112. The van der Waals surface area contributed by atoms with E-state index in [1.807, 2.05) is 12.1 Å². The van der Waals surface area contributed by atoms with Crippen LogP contribution in [0.5, 0.6) is 5.75 Å². The van der Waals surface area contributed by atoms with Crippen molar-refractivity contribution in [2.45, 2.75) is 43.6 Å². The summed E-state index contributed by atoms with van der Waals surface area (Å²) in [4.78, 5) is 43.4. The normalized spacial score (nSPS) is 23.6. The average Bonchev–Trinajstić information content (AvgIpc) is 3.51. The minimum atomic E-state index is -1.46. The number of hydrogen-bond acceptors (Lipinski definition) is 10. The van der Waals surface area contributed by atoms with Crippen LogP contribution in [0.2, 0.25) is 0 Å². The van der Waals surface area contributed by atoms with Crippen molar-refractivity contribution >= 4 is 42.2 Å². The first-order chi connectivity index (χ1) is 23.3. The number of nitrogens with one attached hydrogen (secondary N) is 1. The quantitative estimate of drug-likeness (QED) is 0.318. The van der Waals surface area contributed by atoms with E-state index < -0.39 is 34.1 Å². The average molecular weight is 721 g/mol. The molecule has 4 atom stereocenters. The number of anilines is 1. The van der Waals surface area contributed by atoms with Gasteiger partial charge in [-0.15, -0.1) is 0 Å². The first-order valence-corrected chi connectivity index (χ1v) is 18.2. The zero-order valence-corrected chi connectivity index (χ0v) is 28.2. The number of ether oxygens (including phenoxy) is 2. The molecule has 4 saturated heterocycles. The third-order valence-electron chi connectivity index (χ3n) is 9.29. The number of halogens is 2. The number of aromatic nitrogens is 3. The molecule has 0 saturated carbocycles. The topological polar surface area (TPSA) is 137 Å². The van der Waals surface area contributed by atoms with E-state index in [-0.39, 0.29) is 48.5 Å². The van der Waals surface area contributed by atoms with Gasteiger partial charge < -0.3 is 5.32 Å². The molecule has 0 aliphatic carbocycles. The number of amides is 2. The Hall–Kier alpha value is -4.18. The molecular formula is C33H35AsF2N8O4. The van der Waals surface area contributed by atoms with Gasteiger partial charge in [-0.3, -0.25) is 9.59 Å². The van der Waals surface area contributed by atoms with Crippen LogP contribution in [0.3, 0.4) is 0 Å². The van der Waals surface area contributed by atoms with Crippen LogP contribution in [0.25, 0.3) is 11.4 Å². The third kappa shape index (κ3) is 6.99. The summed E-state index contributed by atoms with van der Waals surface area (Å²) in [5.41, 5.74) is 1.37. The van der Waals surface area contributed by atoms with Gasteiger partial charge in [-0.2, -0.15) is 0 Å². The van der Waals surface area contributed by atoms with Gasteiger partial charge in [0.25, 0.3) is 0 Å². The van der Waals surface area contributed by atoms with E-state index in [0.29, 0.717) is 40.6 Å². The maximum absolute atomic E-state index is 15.3. The van der Waals surface area contributed by atoms with Gasteiger partial charge in [0.2, 0.25) is 11.8 Å². The first-order valence-electron chi connectivity index (χ1n) is 16.1. The van der Waals surface area contributed by atoms with E-state index in [2.05, 4.69) is 36.1 Å². The fourth-order valence-electron chi connectivity index (χ4n) is 6.49. The monoisotopic (exact) mass is 720 g/mol. The zero-order chi connectivity index (χ0) is 33.2. The Kier molecular flexibility index (Phi) is 9.52. The Balaban J connectivity index is 0.972. The van der Waals surface area contributed by atoms with Crippen molar-refractivity contribution < 1.29 is 27.8 Å². The molecule has 4 fully saturated rings. The number of rotatable bonds is 8. The van der Waals surface area contributed by atoms with Gasteiger partial charge in [0.05, 0.1) is 0 Å². The van der Waals surface area contributed by atoms with Crippen LogP contribution in [0.4, 0.5) is 14.5 Å². The van der Waals surface area contributed by atoms with Crippen LogP contribution in [-0.4, -0.2) is 129 Å². The number of likely N-dealkylation sites (tertiary alicyclic amines) is 1. The van der Waals surface area contributed by atoms with Gasteiger partial charge in [0, 0.05) is 6.42 Å². The van der Waals surface area contributed by atoms with Crippen LogP contribution in [-0.2, 0) is 14.3 Å². The predicted octanol–water partition coefficient (Wildman–Crippen LogP) is 0.0539. The summed E-state index contributed by atoms with van der Waals surface area (Å²) in [6.07, 6.45) is 0.0644. The standard InChI is InChI=1S/C33H35AsF2N8O4/c35-24-14-22(2-4-27(24)43-11-9-42(10-12-43)23-17-47-18-23)34-33-39-19-38-31(41-33)20-1-5-28(21(13-20)15-37)48-29-7-8-44(16-25(29)36)32(46)26-3-6-30(45)40-26/h1-2,4-5,13-14,19,23,25-26,29,34H,3,6-12,16-18H2,(H,40,45)/t25-,26+,29+/m1/s1. The molecule has 12 nitrogen and oxygen atoms in total. The number of benzene rings is 2. The van der Waals surface area contributed by atoms with E-state index in [1.54, 1.807) is 24.3 Å². The van der Waals surface area contributed by atoms with Crippen LogP contribution < -0.4 is 23.9 Å². The third-order valence-corrected chi connectivity index (χ3v) is 11.5. The molecule has 5 heterocycles. The van der Waals surface area contributed by atoms with E-state index in [1.165, 1.54) is 11.2 Å². The molecule has 0 spiro atoms. The zero-order valence-electron chi connectivity index (χ0n) is 26.1. The molecule has 7 rings (SSSR count). The van der Waals surface area contributed by atoms with Crippen molar-refractivity contribution in [2.24, 2.45) is 0 Å². The summed E-state index contributed by atoms with van der Waals surface area (Å²) < 4.78 is 43.1. The number of nitrogens with zero attached hydrogens (tertiary/aromatic N) is 7. The van der Waals surface area contributed by atoms with Gasteiger partial charge >= 0.3 is 238 Å².